The maximum Gasteiger partial charge on any atom is 0.631 e. The normalized spacial score (nSPS) is 8.50. The molecular formula is C4H23B4NO15. The molecule has 0 fully saturated rings. The molecule has 20 heteroatoms. The highest BCUT2D eigenvalue weighted by Gasteiger charge is 2.20. The molecule has 0 saturated heterocycles. The highest BCUT2D eigenvalue weighted by molar-refractivity contribution is 6.31. The lowest BCUT2D eigenvalue weighted by atomic mass is 10.1. The molecule has 0 aliphatic carbocycles. The van der Waals surface area contributed by atoms with E-state index in [1.165, 1.54) is 0 Å². The molecule has 0 unspecified atom stereocenters. The van der Waals surface area contributed by atoms with Crippen LogP contribution >= 0.6 is 0 Å². The molecule has 0 spiro atoms. The summed E-state index contributed by atoms with van der Waals surface area (Å²) in [5, 5.41) is 111. The molecule has 0 aromatic heterocycles. The van der Waals surface area contributed by atoms with Gasteiger partial charge in [-0.3, -0.25) is 0 Å². The second-order valence-electron chi connectivity index (χ2n) is 3.22. The van der Waals surface area contributed by atoms with Gasteiger partial charge in [0.15, 0.2) is 0 Å². The van der Waals surface area contributed by atoms with Crippen molar-refractivity contribution in [3.05, 3.63) is 0 Å². The number of aliphatic hydroxyl groups is 3. The van der Waals surface area contributed by atoms with Gasteiger partial charge in [-0.1, -0.05) is 0 Å². The van der Waals surface area contributed by atoms with E-state index in [0.29, 0.717) is 0 Å². The van der Waals surface area contributed by atoms with Crippen LogP contribution in [0.1, 0.15) is 0 Å². The van der Waals surface area contributed by atoms with Crippen LogP contribution in [0.3, 0.4) is 0 Å². The van der Waals surface area contributed by atoms with Gasteiger partial charge in [-0.25, -0.2) is 0 Å². The molecule has 0 bridgehead atoms. The Hall–Kier alpha value is -0.380. The van der Waals surface area contributed by atoms with Crippen molar-refractivity contribution >= 4 is 29.3 Å². The molecule has 0 atom stereocenters. The van der Waals surface area contributed by atoms with Crippen molar-refractivity contribution in [2.45, 2.75) is 5.54 Å². The first-order valence-corrected chi connectivity index (χ1v) is 5.40. The van der Waals surface area contributed by atoms with Crippen molar-refractivity contribution in [1.82, 2.24) is 0 Å². The molecule has 0 heterocycles. The minimum Gasteiger partial charge on any atom is -0.402 e. The number of hydrogen-bond acceptors (Lipinski definition) is 16. The second-order valence-corrected chi connectivity index (χ2v) is 3.22. The lowest BCUT2D eigenvalue weighted by molar-refractivity contribution is 0.0697. The van der Waals surface area contributed by atoms with Crippen molar-refractivity contribution < 1.29 is 75.6 Å². The van der Waals surface area contributed by atoms with E-state index < -0.39 is 54.6 Å². The first-order valence-electron chi connectivity index (χ1n) is 5.40. The van der Waals surface area contributed by atoms with E-state index in [-0.39, 0.29) is 0 Å². The van der Waals surface area contributed by atoms with Gasteiger partial charge >= 0.3 is 29.3 Å². The Bertz CT molecular complexity index is 163. The first-order chi connectivity index (χ1) is 10.6. The van der Waals surface area contributed by atoms with Crippen LogP contribution in [0.5, 0.6) is 0 Å². The Morgan fingerprint density at radius 2 is 0.542 bits per heavy atom. The average molecular weight is 368 g/mol. The van der Waals surface area contributed by atoms with Gasteiger partial charge in [0.2, 0.25) is 0 Å². The molecule has 0 saturated carbocycles. The zero-order valence-corrected chi connectivity index (χ0v) is 12.2. The molecule has 17 N–H and O–H groups in total. The lowest BCUT2D eigenvalue weighted by Gasteiger charge is -2.20. The van der Waals surface area contributed by atoms with Crippen LogP contribution in [0, 0.1) is 0 Å². The highest BCUT2D eigenvalue weighted by Crippen LogP contribution is 1.93. The van der Waals surface area contributed by atoms with Crippen molar-refractivity contribution in [1.29, 1.82) is 0 Å². The van der Waals surface area contributed by atoms with E-state index in [1.807, 2.05) is 0 Å². The molecule has 0 radical (unpaired) electrons. The Kier molecular flexibility index (Phi) is 36.1. The van der Waals surface area contributed by atoms with Gasteiger partial charge in [0.25, 0.3) is 0 Å². The third-order valence-electron chi connectivity index (χ3n) is 0.945. The molecule has 0 aliphatic heterocycles. The van der Waals surface area contributed by atoms with E-state index in [9.17, 15) is 0 Å². The summed E-state index contributed by atoms with van der Waals surface area (Å²) in [5.74, 6) is 0. The fourth-order valence-electron chi connectivity index (χ4n) is 0.150. The largest absolute Gasteiger partial charge is 0.631 e. The third kappa shape index (κ3) is 124. The van der Waals surface area contributed by atoms with Crippen LogP contribution in [-0.4, -0.2) is 130 Å². The standard InChI is InChI=1S/C4H11NO3.4BH3O3/c5-4(1-6,2-7)3-8;4*2-1(3)4/h6-8H,1-3,5H2;4*2-4H. The highest BCUT2D eigenvalue weighted by atomic mass is 16.5. The maximum absolute atomic E-state index is 8.34. The van der Waals surface area contributed by atoms with Crippen LogP contribution in [0.2, 0.25) is 0 Å². The molecule has 0 aromatic rings. The van der Waals surface area contributed by atoms with Gasteiger partial charge < -0.3 is 81.3 Å². The van der Waals surface area contributed by atoms with Crippen molar-refractivity contribution in [3.63, 3.8) is 0 Å². The summed E-state index contributed by atoms with van der Waals surface area (Å²) < 4.78 is 0. The van der Waals surface area contributed by atoms with Gasteiger partial charge in [-0.05, 0) is 0 Å². The van der Waals surface area contributed by atoms with Crippen LogP contribution in [0.25, 0.3) is 0 Å². The summed E-state index contributed by atoms with van der Waals surface area (Å²) in [6.07, 6.45) is 0. The maximum atomic E-state index is 8.34. The minimum atomic E-state index is -2.17. The number of nitrogens with two attached hydrogens (primary N) is 1. The quantitative estimate of drug-likeness (QED) is 0.205. The number of rotatable bonds is 3. The third-order valence-corrected chi connectivity index (χ3v) is 0.945. The minimum absolute atomic E-state index is 0.403. The SMILES string of the molecule is NC(CO)(CO)CO.OB(O)O.OB(O)O.OB(O)O.OB(O)O. The van der Waals surface area contributed by atoms with Crippen molar-refractivity contribution in [2.75, 3.05) is 19.8 Å². The molecule has 0 aromatic carbocycles. The summed E-state index contributed by atoms with van der Waals surface area (Å²) in [6.45, 7) is -1.21. The fraction of sp³-hybridized carbons (Fsp3) is 1.00. The van der Waals surface area contributed by atoms with E-state index in [4.69, 9.17) is 81.3 Å². The Balaban J connectivity index is -0.0000000657. The van der Waals surface area contributed by atoms with Gasteiger partial charge in [0, 0.05) is 0 Å². The van der Waals surface area contributed by atoms with Gasteiger partial charge in [0.05, 0.1) is 25.4 Å². The molecule has 16 nitrogen and oxygen atoms in total. The molecule has 24 heavy (non-hydrogen) atoms. The van der Waals surface area contributed by atoms with E-state index >= 15 is 0 Å². The van der Waals surface area contributed by atoms with Gasteiger partial charge in [0.1, 0.15) is 0 Å². The average Bonchev–Trinajstić information content (AvgIpc) is 2.35. The Morgan fingerprint density at radius 3 is 0.542 bits per heavy atom. The monoisotopic (exact) mass is 369 g/mol. The van der Waals surface area contributed by atoms with Crippen molar-refractivity contribution in [2.24, 2.45) is 5.73 Å². The predicted octanol–water partition coefficient (Wildman–Crippen LogP) is -10.5. The summed E-state index contributed by atoms with van der Waals surface area (Å²) in [5.41, 5.74) is 3.94. The summed E-state index contributed by atoms with van der Waals surface area (Å²) in [7, 11) is -8.67. The second kappa shape index (κ2) is 24.9. The predicted molar refractivity (Wildman–Crippen MR) is 77.8 cm³/mol. The molecule has 0 rings (SSSR count). The van der Waals surface area contributed by atoms with Crippen LogP contribution < -0.4 is 5.73 Å². The van der Waals surface area contributed by atoms with Crippen LogP contribution in [-0.2, 0) is 0 Å². The smallest absolute Gasteiger partial charge is 0.402 e. The van der Waals surface area contributed by atoms with Crippen molar-refractivity contribution in [3.8, 4) is 0 Å². The van der Waals surface area contributed by atoms with Gasteiger partial charge in [-0.2, -0.15) is 0 Å². The summed E-state index contributed by atoms with van der Waals surface area (Å²) in [6, 6.07) is 0. The van der Waals surface area contributed by atoms with E-state index in [2.05, 4.69) is 0 Å². The topological polar surface area (TPSA) is 329 Å². The van der Waals surface area contributed by atoms with Crippen LogP contribution in [0.15, 0.2) is 0 Å². The zero-order chi connectivity index (χ0) is 20.9. The fourth-order valence-corrected chi connectivity index (χ4v) is 0.150. The first kappa shape index (κ1) is 34.9. The number of hydrogen-bond donors (Lipinski definition) is 16. The molecule has 0 amide bonds. The molecule has 0 aliphatic rings. The van der Waals surface area contributed by atoms with Gasteiger partial charge in [-0.15, -0.1) is 0 Å². The van der Waals surface area contributed by atoms with E-state index in [0.717, 1.165) is 0 Å². The Labute approximate surface area is 137 Å². The summed E-state index contributed by atoms with van der Waals surface area (Å²) in [4.78, 5) is 0. The van der Waals surface area contributed by atoms with Crippen LogP contribution in [0.4, 0.5) is 0 Å². The summed E-state index contributed by atoms with van der Waals surface area (Å²) >= 11 is 0. The lowest BCUT2D eigenvalue weighted by Crippen LogP contribution is -2.50. The Morgan fingerprint density at radius 1 is 0.458 bits per heavy atom. The van der Waals surface area contributed by atoms with E-state index in [1.54, 1.807) is 0 Å². The molecule has 146 valence electrons. The number of aliphatic hydroxyl groups excluding tert-OH is 3. The zero-order valence-electron chi connectivity index (χ0n) is 12.2. The molecular weight excluding hydrogens is 345 g/mol.